The molecule has 2 heterocycles. The van der Waals surface area contributed by atoms with Crippen LogP contribution in [0.15, 0.2) is 60.8 Å². The van der Waals surface area contributed by atoms with Crippen molar-refractivity contribution in [3.8, 4) is 5.75 Å². The normalized spacial score (nSPS) is 13.2. The minimum absolute atomic E-state index is 0.255. The summed E-state index contributed by atoms with van der Waals surface area (Å²) in [6.45, 7) is 1.64. The van der Waals surface area contributed by atoms with Crippen molar-refractivity contribution in [2.24, 2.45) is 0 Å². The van der Waals surface area contributed by atoms with Crippen molar-refractivity contribution in [2.45, 2.75) is 12.5 Å². The maximum absolute atomic E-state index is 11.3. The molecule has 0 amide bonds. The highest BCUT2D eigenvalue weighted by molar-refractivity contribution is 5.91. The molecule has 5 N–H and O–H groups in total. The van der Waals surface area contributed by atoms with Crippen LogP contribution >= 0.6 is 0 Å². The summed E-state index contributed by atoms with van der Waals surface area (Å²) in [6.07, 6.45) is 1.71. The van der Waals surface area contributed by atoms with Crippen LogP contribution in [-0.4, -0.2) is 27.2 Å². The van der Waals surface area contributed by atoms with Crippen molar-refractivity contribution in [1.29, 1.82) is 0 Å². The van der Waals surface area contributed by atoms with Gasteiger partial charge in [-0.1, -0.05) is 12.1 Å². The molecule has 0 spiro atoms. The van der Waals surface area contributed by atoms with Gasteiger partial charge in [0.25, 0.3) is 0 Å². The zero-order valence-electron chi connectivity index (χ0n) is 15.6. The van der Waals surface area contributed by atoms with Gasteiger partial charge in [0.2, 0.25) is 0 Å². The number of anilines is 3. The predicted octanol–water partition coefficient (Wildman–Crippen LogP) is 3.55. The number of hydrogen-bond acceptors (Lipinski definition) is 6. The molecule has 0 aliphatic carbocycles. The van der Waals surface area contributed by atoms with E-state index in [1.54, 1.807) is 26.3 Å². The third kappa shape index (κ3) is 3.12. The lowest BCUT2D eigenvalue weighted by Gasteiger charge is -2.23. The fourth-order valence-corrected chi connectivity index (χ4v) is 3.11. The molecule has 7 heteroatoms. The number of aliphatic hydroxyl groups is 1. The maximum atomic E-state index is 11.3. The van der Waals surface area contributed by atoms with Crippen molar-refractivity contribution in [3.63, 3.8) is 0 Å². The fourth-order valence-electron chi connectivity index (χ4n) is 3.11. The van der Waals surface area contributed by atoms with Gasteiger partial charge in [-0.2, -0.15) is 0 Å². The molecule has 2 aromatic carbocycles. The number of benzene rings is 2. The van der Waals surface area contributed by atoms with Gasteiger partial charge in [0, 0.05) is 23.0 Å². The smallest absolute Gasteiger partial charge is 0.168 e. The second-order valence-corrected chi connectivity index (χ2v) is 6.65. The van der Waals surface area contributed by atoms with E-state index >= 15 is 0 Å². The van der Waals surface area contributed by atoms with E-state index in [1.165, 1.54) is 0 Å². The third-order valence-electron chi connectivity index (χ3n) is 4.63. The molecule has 7 nitrogen and oxygen atoms in total. The summed E-state index contributed by atoms with van der Waals surface area (Å²) in [5.41, 5.74) is 7.02. The van der Waals surface area contributed by atoms with Crippen LogP contribution < -0.4 is 15.8 Å². The van der Waals surface area contributed by atoms with E-state index in [9.17, 15) is 5.11 Å². The average Bonchev–Trinajstić information content (AvgIpc) is 3.19. The largest absolute Gasteiger partial charge is 0.495 e. The van der Waals surface area contributed by atoms with Gasteiger partial charge in [-0.15, -0.1) is 0 Å². The molecule has 1 atom stereocenters. The molecule has 0 aliphatic rings. The molecular weight excluding hydrogens is 354 g/mol. The topological polar surface area (TPSA) is 109 Å². The number of aromatic nitrogens is 3. The minimum Gasteiger partial charge on any atom is -0.495 e. The van der Waals surface area contributed by atoms with Gasteiger partial charge in [-0.05, 0) is 49.4 Å². The van der Waals surface area contributed by atoms with Gasteiger partial charge >= 0.3 is 0 Å². The standard InChI is InChI=1S/C21H21N5O2/c1-21(27,18-17(28-2)11-12-23-18)20-25-16-6-4-3-5-15(16)19(26-20)24-14-9-7-13(22)8-10-14/h3-12,23,27H,22H2,1-2H3,(H,24,25,26). The van der Waals surface area contributed by atoms with Crippen LogP contribution in [0.3, 0.4) is 0 Å². The molecule has 0 aliphatic heterocycles. The van der Waals surface area contributed by atoms with E-state index in [0.717, 1.165) is 16.6 Å². The zero-order chi connectivity index (χ0) is 19.7. The average molecular weight is 375 g/mol. The van der Waals surface area contributed by atoms with Crippen molar-refractivity contribution >= 4 is 28.1 Å². The molecule has 2 aromatic heterocycles. The van der Waals surface area contributed by atoms with Crippen LogP contribution in [0.2, 0.25) is 0 Å². The molecule has 0 saturated heterocycles. The Morgan fingerprint density at radius 2 is 1.82 bits per heavy atom. The highest BCUT2D eigenvalue weighted by Gasteiger charge is 2.34. The zero-order valence-corrected chi connectivity index (χ0v) is 15.6. The lowest BCUT2D eigenvalue weighted by molar-refractivity contribution is 0.0855. The summed E-state index contributed by atoms with van der Waals surface area (Å²) >= 11 is 0. The van der Waals surface area contributed by atoms with Crippen LogP contribution in [-0.2, 0) is 5.60 Å². The Hall–Kier alpha value is -3.58. The molecule has 4 aromatic rings. The molecule has 0 fully saturated rings. The SMILES string of the molecule is COc1cc[nH]c1C(C)(O)c1nc(Nc2ccc(N)cc2)c2ccccc2n1. The highest BCUT2D eigenvalue weighted by Crippen LogP contribution is 2.35. The Bertz CT molecular complexity index is 1120. The van der Waals surface area contributed by atoms with Gasteiger partial charge in [-0.25, -0.2) is 9.97 Å². The molecule has 142 valence electrons. The van der Waals surface area contributed by atoms with Gasteiger partial charge in [0.05, 0.1) is 18.3 Å². The van der Waals surface area contributed by atoms with Crippen LogP contribution in [0.25, 0.3) is 10.9 Å². The monoisotopic (exact) mass is 375 g/mol. The highest BCUT2D eigenvalue weighted by atomic mass is 16.5. The maximum Gasteiger partial charge on any atom is 0.168 e. The van der Waals surface area contributed by atoms with Gasteiger partial charge in [-0.3, -0.25) is 0 Å². The number of nitrogens with zero attached hydrogens (tertiary/aromatic N) is 2. The van der Waals surface area contributed by atoms with Crippen molar-refractivity contribution in [2.75, 3.05) is 18.2 Å². The van der Waals surface area contributed by atoms with Crippen molar-refractivity contribution < 1.29 is 9.84 Å². The summed E-state index contributed by atoms with van der Waals surface area (Å²) in [6, 6.07) is 16.8. The Morgan fingerprint density at radius 3 is 2.57 bits per heavy atom. The van der Waals surface area contributed by atoms with Gasteiger partial charge in [0.1, 0.15) is 11.6 Å². The van der Waals surface area contributed by atoms with Crippen molar-refractivity contribution in [3.05, 3.63) is 72.3 Å². The molecule has 0 bridgehead atoms. The van der Waals surface area contributed by atoms with E-state index in [2.05, 4.69) is 20.3 Å². The molecule has 28 heavy (non-hydrogen) atoms. The Labute approximate surface area is 162 Å². The van der Waals surface area contributed by atoms with Crippen LogP contribution in [0.4, 0.5) is 17.2 Å². The van der Waals surface area contributed by atoms with Crippen LogP contribution in [0, 0.1) is 0 Å². The fraction of sp³-hybridized carbons (Fsp3) is 0.143. The molecule has 0 saturated carbocycles. The van der Waals surface area contributed by atoms with E-state index in [1.807, 2.05) is 48.5 Å². The first-order chi connectivity index (χ1) is 13.5. The quantitative estimate of drug-likeness (QED) is 0.397. The number of rotatable bonds is 5. The summed E-state index contributed by atoms with van der Waals surface area (Å²) < 4.78 is 5.34. The second kappa shape index (κ2) is 6.86. The first-order valence-electron chi connectivity index (χ1n) is 8.83. The van der Waals surface area contributed by atoms with Crippen LogP contribution in [0.1, 0.15) is 18.4 Å². The number of nitrogens with one attached hydrogen (secondary N) is 2. The number of H-pyrrole nitrogens is 1. The number of aromatic amines is 1. The number of fused-ring (bicyclic) bond motifs is 1. The number of nitrogens with two attached hydrogens (primary N) is 1. The Balaban J connectivity index is 1.85. The Kier molecular flexibility index (Phi) is 4.37. The summed E-state index contributed by atoms with van der Waals surface area (Å²) in [4.78, 5) is 12.3. The van der Waals surface area contributed by atoms with Crippen LogP contribution in [0.5, 0.6) is 5.75 Å². The predicted molar refractivity (Wildman–Crippen MR) is 110 cm³/mol. The molecular formula is C21H21N5O2. The molecule has 0 radical (unpaired) electrons. The van der Waals surface area contributed by atoms with E-state index in [-0.39, 0.29) is 5.82 Å². The Morgan fingerprint density at radius 1 is 1.07 bits per heavy atom. The summed E-state index contributed by atoms with van der Waals surface area (Å²) in [5.74, 6) is 1.39. The number of para-hydroxylation sites is 1. The van der Waals surface area contributed by atoms with E-state index < -0.39 is 5.60 Å². The van der Waals surface area contributed by atoms with Crippen molar-refractivity contribution in [1.82, 2.24) is 15.0 Å². The lowest BCUT2D eigenvalue weighted by Crippen LogP contribution is -2.27. The first kappa shape index (κ1) is 17.8. The molecule has 1 unspecified atom stereocenters. The van der Waals surface area contributed by atoms with E-state index in [4.69, 9.17) is 10.5 Å². The third-order valence-corrected chi connectivity index (χ3v) is 4.63. The first-order valence-corrected chi connectivity index (χ1v) is 8.83. The minimum atomic E-state index is -1.48. The summed E-state index contributed by atoms with van der Waals surface area (Å²) in [5, 5.41) is 15.4. The number of nitrogen functional groups attached to an aromatic ring is 1. The number of methoxy groups -OCH3 is 1. The number of hydrogen-bond donors (Lipinski definition) is 4. The van der Waals surface area contributed by atoms with Gasteiger partial charge < -0.3 is 25.9 Å². The molecule has 4 rings (SSSR count). The van der Waals surface area contributed by atoms with Gasteiger partial charge in [0.15, 0.2) is 11.4 Å². The van der Waals surface area contributed by atoms with E-state index in [0.29, 0.717) is 22.9 Å². The number of ether oxygens (including phenoxy) is 1. The summed E-state index contributed by atoms with van der Waals surface area (Å²) in [7, 11) is 1.55. The second-order valence-electron chi connectivity index (χ2n) is 6.65. The lowest BCUT2D eigenvalue weighted by atomic mass is 10.0.